The van der Waals surface area contributed by atoms with Crippen molar-refractivity contribution >= 4 is 17.7 Å². The average Bonchev–Trinajstić information content (AvgIpc) is 2.56. The predicted molar refractivity (Wildman–Crippen MR) is 89.5 cm³/mol. The average molecular weight is 352 g/mol. The van der Waals surface area contributed by atoms with Gasteiger partial charge in [0.05, 0.1) is 12.2 Å². The van der Waals surface area contributed by atoms with Crippen LogP contribution in [-0.2, 0) is 6.54 Å². The van der Waals surface area contributed by atoms with Gasteiger partial charge >= 0.3 is 0 Å². The first-order chi connectivity index (χ1) is 11.5. The van der Waals surface area contributed by atoms with Crippen molar-refractivity contribution < 1.29 is 18.3 Å². The van der Waals surface area contributed by atoms with E-state index in [1.165, 1.54) is 17.2 Å². The molecular weight excluding hydrogens is 334 g/mol. The Hall–Kier alpha value is -2.15. The third-order valence-electron chi connectivity index (χ3n) is 3.20. The Labute approximate surface area is 143 Å². The quantitative estimate of drug-likeness (QED) is 0.705. The minimum Gasteiger partial charge on any atom is -0.494 e. The maximum atomic E-state index is 12.6. The van der Waals surface area contributed by atoms with Gasteiger partial charge in [-0.25, -0.2) is 4.98 Å². The molecule has 0 N–H and O–H groups in total. The molecule has 24 heavy (non-hydrogen) atoms. The second-order valence-corrected chi connectivity index (χ2v) is 5.95. The number of ether oxygens (including phenoxy) is 1. The molecule has 0 saturated carbocycles. The third-order valence-corrected chi connectivity index (χ3v) is 3.93. The number of benzene rings is 1. The largest absolute Gasteiger partial charge is 0.494 e. The molecule has 1 aromatic carbocycles. The maximum absolute atomic E-state index is 12.6. The van der Waals surface area contributed by atoms with Crippen molar-refractivity contribution in [2.75, 3.05) is 13.7 Å². The molecule has 0 fully saturated rings. The molecule has 2 rings (SSSR count). The maximum Gasteiger partial charge on any atom is 0.290 e. The van der Waals surface area contributed by atoms with Crippen molar-refractivity contribution in [2.24, 2.45) is 0 Å². The van der Waals surface area contributed by atoms with Crippen molar-refractivity contribution in [3.63, 3.8) is 0 Å². The van der Waals surface area contributed by atoms with Crippen molar-refractivity contribution in [1.29, 1.82) is 0 Å². The van der Waals surface area contributed by atoms with E-state index >= 15 is 0 Å². The monoisotopic (exact) mass is 352 g/mol. The van der Waals surface area contributed by atoms with Gasteiger partial charge in [-0.15, -0.1) is 0 Å². The molecule has 0 bridgehead atoms. The molecule has 1 heterocycles. The fraction of sp³-hybridized carbons (Fsp3) is 0.294. The van der Waals surface area contributed by atoms with Gasteiger partial charge in [0.1, 0.15) is 10.8 Å². The van der Waals surface area contributed by atoms with Gasteiger partial charge in [0.15, 0.2) is 0 Å². The zero-order valence-corrected chi connectivity index (χ0v) is 14.2. The van der Waals surface area contributed by atoms with Gasteiger partial charge in [0.2, 0.25) is 0 Å². The molecule has 0 aliphatic carbocycles. The molecule has 1 amide bonds. The van der Waals surface area contributed by atoms with Crippen LogP contribution in [0.4, 0.5) is 8.78 Å². The summed E-state index contributed by atoms with van der Waals surface area (Å²) in [4.78, 5) is 17.9. The van der Waals surface area contributed by atoms with E-state index in [1.54, 1.807) is 13.1 Å². The van der Waals surface area contributed by atoms with Crippen LogP contribution in [0.25, 0.3) is 0 Å². The van der Waals surface area contributed by atoms with Crippen LogP contribution in [-0.4, -0.2) is 35.2 Å². The van der Waals surface area contributed by atoms with Gasteiger partial charge in [-0.1, -0.05) is 12.1 Å². The van der Waals surface area contributed by atoms with E-state index in [0.717, 1.165) is 11.3 Å². The topological polar surface area (TPSA) is 42.4 Å². The van der Waals surface area contributed by atoms with Crippen LogP contribution < -0.4 is 4.74 Å². The SMILES string of the molecule is CCOc1ccc(CN(C)C(=O)c2cccnc2SC(F)F)cc1. The summed E-state index contributed by atoms with van der Waals surface area (Å²) in [6, 6.07) is 10.5. The number of hydrogen-bond donors (Lipinski definition) is 0. The van der Waals surface area contributed by atoms with E-state index in [0.29, 0.717) is 13.2 Å². The Kier molecular flexibility index (Phi) is 6.54. The summed E-state index contributed by atoms with van der Waals surface area (Å²) in [7, 11) is 1.63. The van der Waals surface area contributed by atoms with Crippen LogP contribution in [0.2, 0.25) is 0 Å². The first kappa shape index (κ1) is 18.2. The fourth-order valence-electron chi connectivity index (χ4n) is 2.14. The van der Waals surface area contributed by atoms with Crippen molar-refractivity contribution in [2.45, 2.75) is 24.3 Å². The van der Waals surface area contributed by atoms with Crippen LogP contribution in [0, 0.1) is 0 Å². The van der Waals surface area contributed by atoms with E-state index < -0.39 is 5.76 Å². The summed E-state index contributed by atoms with van der Waals surface area (Å²) in [6.45, 7) is 2.85. The highest BCUT2D eigenvalue weighted by molar-refractivity contribution is 7.99. The highest BCUT2D eigenvalue weighted by Gasteiger charge is 2.19. The van der Waals surface area contributed by atoms with E-state index in [-0.39, 0.29) is 28.3 Å². The number of amides is 1. The lowest BCUT2D eigenvalue weighted by Crippen LogP contribution is -2.27. The minimum atomic E-state index is -2.62. The second-order valence-electron chi connectivity index (χ2n) is 4.97. The number of carbonyl (C=O) groups is 1. The number of thioether (sulfide) groups is 1. The summed E-state index contributed by atoms with van der Waals surface area (Å²) >= 11 is 0.276. The van der Waals surface area contributed by atoms with Gasteiger partial charge in [0, 0.05) is 19.8 Å². The summed E-state index contributed by atoms with van der Waals surface area (Å²) in [5.74, 6) is -2.21. The molecule has 0 saturated heterocycles. The van der Waals surface area contributed by atoms with Crippen LogP contribution in [0.15, 0.2) is 47.6 Å². The number of pyridine rings is 1. The number of carbonyl (C=O) groups excluding carboxylic acids is 1. The smallest absolute Gasteiger partial charge is 0.290 e. The summed E-state index contributed by atoms with van der Waals surface area (Å²) in [5.41, 5.74) is 1.09. The summed E-state index contributed by atoms with van der Waals surface area (Å²) < 4.78 is 30.6. The van der Waals surface area contributed by atoms with Gasteiger partial charge in [-0.05, 0) is 48.5 Å². The number of nitrogens with zero attached hydrogens (tertiary/aromatic N) is 2. The molecule has 7 heteroatoms. The van der Waals surface area contributed by atoms with Crippen LogP contribution >= 0.6 is 11.8 Å². The molecule has 1 aromatic heterocycles. The first-order valence-electron chi connectivity index (χ1n) is 7.38. The zero-order valence-electron chi connectivity index (χ0n) is 13.4. The lowest BCUT2D eigenvalue weighted by molar-refractivity contribution is 0.0781. The summed E-state index contributed by atoms with van der Waals surface area (Å²) in [6.07, 6.45) is 1.40. The molecule has 4 nitrogen and oxygen atoms in total. The molecule has 0 spiro atoms. The summed E-state index contributed by atoms with van der Waals surface area (Å²) in [5, 5.41) is 0.0380. The molecule has 128 valence electrons. The standard InChI is InChI=1S/C17H18F2N2O2S/c1-3-23-13-8-6-12(7-9-13)11-21(2)16(22)14-5-4-10-20-15(14)24-17(18)19/h4-10,17H,3,11H2,1-2H3. The van der Waals surface area contributed by atoms with Gasteiger partial charge in [0.25, 0.3) is 11.7 Å². The molecule has 0 aliphatic heterocycles. The van der Waals surface area contributed by atoms with E-state index in [2.05, 4.69) is 4.98 Å². The predicted octanol–water partition coefficient (Wildman–Crippen LogP) is 4.07. The van der Waals surface area contributed by atoms with E-state index in [4.69, 9.17) is 4.74 Å². The Bertz CT molecular complexity index is 681. The minimum absolute atomic E-state index is 0.0380. The highest BCUT2D eigenvalue weighted by Crippen LogP contribution is 2.27. The molecule has 0 aliphatic rings. The van der Waals surface area contributed by atoms with E-state index in [1.807, 2.05) is 31.2 Å². The van der Waals surface area contributed by atoms with Gasteiger partial charge < -0.3 is 9.64 Å². The number of rotatable bonds is 7. The van der Waals surface area contributed by atoms with Crippen LogP contribution in [0.3, 0.4) is 0 Å². The van der Waals surface area contributed by atoms with Crippen LogP contribution in [0.5, 0.6) is 5.75 Å². The van der Waals surface area contributed by atoms with Crippen molar-refractivity contribution in [3.05, 3.63) is 53.7 Å². The Morgan fingerprint density at radius 2 is 2.00 bits per heavy atom. The highest BCUT2D eigenvalue weighted by atomic mass is 32.2. The molecule has 0 atom stereocenters. The number of halogens is 2. The van der Waals surface area contributed by atoms with E-state index in [9.17, 15) is 13.6 Å². The van der Waals surface area contributed by atoms with Crippen molar-refractivity contribution in [3.8, 4) is 5.75 Å². The molecule has 0 unspecified atom stereocenters. The van der Waals surface area contributed by atoms with Crippen LogP contribution in [0.1, 0.15) is 22.8 Å². The number of alkyl halides is 2. The fourth-order valence-corrected chi connectivity index (χ4v) is 2.71. The Balaban J connectivity index is 2.09. The first-order valence-corrected chi connectivity index (χ1v) is 8.26. The molecule has 0 radical (unpaired) electrons. The second kappa shape index (κ2) is 8.63. The third kappa shape index (κ3) is 4.92. The number of hydrogen-bond acceptors (Lipinski definition) is 4. The molecular formula is C17H18F2N2O2S. The lowest BCUT2D eigenvalue weighted by Gasteiger charge is -2.18. The van der Waals surface area contributed by atoms with Gasteiger partial charge in [-0.3, -0.25) is 4.79 Å². The van der Waals surface area contributed by atoms with Crippen molar-refractivity contribution in [1.82, 2.24) is 9.88 Å². The Morgan fingerprint density at radius 1 is 1.29 bits per heavy atom. The normalized spacial score (nSPS) is 10.7. The lowest BCUT2D eigenvalue weighted by atomic mass is 10.2. The number of aromatic nitrogens is 1. The Morgan fingerprint density at radius 3 is 2.62 bits per heavy atom. The zero-order chi connectivity index (χ0) is 17.5. The molecule has 2 aromatic rings. The van der Waals surface area contributed by atoms with Gasteiger partial charge in [-0.2, -0.15) is 8.78 Å².